The van der Waals surface area contributed by atoms with Crippen molar-refractivity contribution in [1.29, 1.82) is 0 Å². The van der Waals surface area contributed by atoms with E-state index in [-0.39, 0.29) is 90.3 Å². The van der Waals surface area contributed by atoms with Gasteiger partial charge in [0.05, 0.1) is 49.1 Å². The topological polar surface area (TPSA) is 193 Å². The van der Waals surface area contributed by atoms with E-state index in [4.69, 9.17) is 33.1 Å². The van der Waals surface area contributed by atoms with Crippen molar-refractivity contribution in [2.24, 2.45) is 29.6 Å². The summed E-state index contributed by atoms with van der Waals surface area (Å²) < 4.78 is 37.9. The molecule has 0 spiro atoms. The number of para-hydroxylation sites is 1. The Morgan fingerprint density at radius 2 is 1.66 bits per heavy atom. The van der Waals surface area contributed by atoms with Crippen LogP contribution in [-0.2, 0) is 23.8 Å². The maximum absolute atomic E-state index is 14.9. The Morgan fingerprint density at radius 3 is 2.30 bits per heavy atom. The minimum absolute atomic E-state index is 0.00779. The highest BCUT2D eigenvalue weighted by Crippen LogP contribution is 2.49. The second-order valence-corrected chi connectivity index (χ2v) is 20.1. The first-order valence-electron chi connectivity index (χ1n) is 22.9. The lowest BCUT2D eigenvalue weighted by Crippen LogP contribution is -2.55. The fourth-order valence-corrected chi connectivity index (χ4v) is 8.85. The molecule has 15 nitrogen and oxygen atoms in total. The van der Waals surface area contributed by atoms with Gasteiger partial charge in [0.25, 0.3) is 11.7 Å². The molecule has 0 radical (unpaired) electrons. The number of amides is 1. The van der Waals surface area contributed by atoms with Crippen LogP contribution in [0.25, 0.3) is 33.0 Å². The average molecular weight is 927 g/mol. The van der Waals surface area contributed by atoms with E-state index in [9.17, 15) is 29.4 Å². The van der Waals surface area contributed by atoms with E-state index in [0.29, 0.717) is 23.4 Å². The summed E-state index contributed by atoms with van der Waals surface area (Å²) in [5.74, 6) is -5.61. The van der Waals surface area contributed by atoms with E-state index < -0.39 is 58.9 Å². The molecule has 0 unspecified atom stereocenters. The Kier molecular flexibility index (Phi) is 14.4. The molecule has 0 saturated carbocycles. The first-order valence-corrected chi connectivity index (χ1v) is 22.9. The number of esters is 1. The predicted molar refractivity (Wildman–Crippen MR) is 257 cm³/mol. The molecule has 362 valence electrons. The number of nitrogens with zero attached hydrogens (tertiary/aromatic N) is 2. The first kappa shape index (κ1) is 50.6. The number of phenolic OH excluding ortho intramolecular Hbond substituents is 1. The van der Waals surface area contributed by atoms with Gasteiger partial charge in [0, 0.05) is 49.3 Å². The smallest absolute Gasteiger partial charge is 0.312 e. The molecular formula is C52H68N3O12+. The number of fused-ring (bicyclic) bond motifs is 2. The molecule has 9 atom stereocenters. The van der Waals surface area contributed by atoms with Crippen molar-refractivity contribution in [3.63, 3.8) is 0 Å². The lowest BCUT2D eigenvalue weighted by molar-refractivity contribution is -0.935. The van der Waals surface area contributed by atoms with Crippen molar-refractivity contribution in [2.45, 2.75) is 113 Å². The molecule has 0 fully saturated rings. The van der Waals surface area contributed by atoms with Crippen LogP contribution in [-0.4, -0.2) is 101 Å². The summed E-state index contributed by atoms with van der Waals surface area (Å²) in [6.07, 6.45) is 5.76. The van der Waals surface area contributed by atoms with Gasteiger partial charge in [-0.1, -0.05) is 58.9 Å². The van der Waals surface area contributed by atoms with Gasteiger partial charge < -0.3 is 48.1 Å². The average Bonchev–Trinajstić information content (AvgIpc) is 3.53. The van der Waals surface area contributed by atoms with Crippen molar-refractivity contribution < 1.29 is 57.2 Å². The molecule has 1 aromatic heterocycles. The van der Waals surface area contributed by atoms with Crippen LogP contribution in [0.15, 0.2) is 63.6 Å². The van der Waals surface area contributed by atoms with Crippen LogP contribution in [0.1, 0.15) is 92.1 Å². The SMILES string of the molecule is CO[C@H]1/C=C/O[C@@]2(C)Oc3c(C)c(=O)c4c(O)c(c5oc6cccc(OCC[N+](C)(C)C(C)(C)C)c6nc5c4c3C2=O)NC(=O)/C(C)=C\C=C\[C@H](C)[C@H](O)[C@@H](C)[C@@H](C)[C@@H](C)[C@H](OC(C)=O)[C@@H]1C. The standard InChI is InChI=1S/C52H67N3O12/c1-26-18-16-19-27(2)50(61)54-42-45(59)38-37(41-48(42)66-36-21-17-20-35(40(36)53-41)63-25-23-55(13,14)51(9,10)11)39-47(32(7)44(38)58)67-52(12,49(39)60)64-24-22-34(62-15)31(6)46(65-33(8)56)30(5)28(3)29(4)43(26)57/h16-22,24,26,28-31,34,43,46,57H,23,25H2,1-15H3,(H-,53,54,58,59,60,61)/p+1/b18-16+,24-22+,27-19-/t26-,28+,29-,30+,31+,34-,43-,46-,52-/m0/s1. The van der Waals surface area contributed by atoms with Crippen molar-refractivity contribution in [1.82, 2.24) is 4.98 Å². The first-order chi connectivity index (χ1) is 31.3. The van der Waals surface area contributed by atoms with Gasteiger partial charge in [-0.2, -0.15) is 0 Å². The zero-order valence-corrected chi connectivity index (χ0v) is 41.5. The molecule has 3 aromatic carbocycles. The number of aromatic hydroxyl groups is 1. The van der Waals surface area contributed by atoms with Crippen molar-refractivity contribution in [2.75, 3.05) is 39.7 Å². The van der Waals surface area contributed by atoms with Crippen LogP contribution in [0.5, 0.6) is 17.2 Å². The third kappa shape index (κ3) is 9.55. The van der Waals surface area contributed by atoms with E-state index in [0.717, 1.165) is 0 Å². The monoisotopic (exact) mass is 926 g/mol. The quantitative estimate of drug-likeness (QED) is 0.0548. The number of carbonyl (C=O) groups is 3. The number of methoxy groups -OCH3 is 1. The number of hydrogen-bond acceptors (Lipinski definition) is 13. The van der Waals surface area contributed by atoms with Gasteiger partial charge in [-0.15, -0.1) is 0 Å². The Morgan fingerprint density at radius 1 is 0.970 bits per heavy atom. The predicted octanol–water partition coefficient (Wildman–Crippen LogP) is 8.53. The number of aliphatic hydroxyl groups is 1. The minimum atomic E-state index is -2.02. The number of aliphatic hydroxyl groups excluding tert-OH is 1. The molecule has 67 heavy (non-hydrogen) atoms. The summed E-state index contributed by atoms with van der Waals surface area (Å²) in [6, 6.07) is 5.14. The number of phenols is 1. The van der Waals surface area contributed by atoms with Gasteiger partial charge in [0.2, 0.25) is 0 Å². The lowest BCUT2D eigenvalue weighted by Gasteiger charge is -2.42. The summed E-state index contributed by atoms with van der Waals surface area (Å²) >= 11 is 0. The van der Waals surface area contributed by atoms with Crippen molar-refractivity contribution in [3.8, 4) is 17.2 Å². The molecule has 3 heterocycles. The Balaban J connectivity index is 1.59. The van der Waals surface area contributed by atoms with E-state index in [1.807, 2.05) is 34.6 Å². The zero-order valence-electron chi connectivity index (χ0n) is 41.5. The number of rotatable bonds is 6. The van der Waals surface area contributed by atoms with Gasteiger partial charge in [0.1, 0.15) is 47.5 Å². The third-order valence-electron chi connectivity index (χ3n) is 14.6. The summed E-state index contributed by atoms with van der Waals surface area (Å²) in [4.78, 5) is 61.0. The zero-order chi connectivity index (χ0) is 49.7. The third-order valence-corrected chi connectivity index (χ3v) is 14.6. The largest absolute Gasteiger partial charge is 0.505 e. The van der Waals surface area contributed by atoms with E-state index >= 15 is 0 Å². The Labute approximate surface area is 392 Å². The normalized spacial score (nSPS) is 28.4. The molecule has 1 amide bonds. The lowest BCUT2D eigenvalue weighted by atomic mass is 9.73. The van der Waals surface area contributed by atoms with E-state index in [1.54, 1.807) is 49.4 Å². The number of benzene rings is 3. The number of Topliss-reactive ketones (excluding diaryl/α,β-unsaturated/α-hetero) is 1. The highest BCUT2D eigenvalue weighted by molar-refractivity contribution is 6.26. The van der Waals surface area contributed by atoms with Gasteiger partial charge in [-0.3, -0.25) is 19.2 Å². The number of ether oxygens (including phenoxy) is 5. The molecule has 0 aliphatic carbocycles. The number of ketones is 1. The number of aromatic nitrogens is 1. The summed E-state index contributed by atoms with van der Waals surface area (Å²) in [7, 11) is 5.75. The molecule has 3 N–H and O–H groups in total. The van der Waals surface area contributed by atoms with Crippen molar-refractivity contribution >= 4 is 56.3 Å². The number of quaternary nitrogens is 1. The molecular weight excluding hydrogens is 859 g/mol. The fraction of sp³-hybridized carbons (Fsp3) is 0.519. The molecule has 6 rings (SSSR count). The summed E-state index contributed by atoms with van der Waals surface area (Å²) in [5.41, 5.74) is -0.476. The van der Waals surface area contributed by atoms with Gasteiger partial charge in [-0.05, 0) is 70.6 Å². The second-order valence-electron chi connectivity index (χ2n) is 20.1. The Hall–Kier alpha value is -5.77. The molecule has 0 saturated heterocycles. The highest BCUT2D eigenvalue weighted by Gasteiger charge is 2.49. The van der Waals surface area contributed by atoms with Crippen LogP contribution in [0.2, 0.25) is 0 Å². The number of hydrogen-bond donors (Lipinski definition) is 3. The second kappa shape index (κ2) is 19.1. The molecule has 2 aliphatic heterocycles. The summed E-state index contributed by atoms with van der Waals surface area (Å²) in [5, 5.41) is 26.2. The number of likely N-dealkylation sites (N-methyl/N-ethyl adjacent to an activating group) is 1. The van der Waals surface area contributed by atoms with Crippen molar-refractivity contribution in [3.05, 3.63) is 75.7 Å². The van der Waals surface area contributed by atoms with E-state index in [2.05, 4.69) is 40.2 Å². The van der Waals surface area contributed by atoms with Crippen LogP contribution in [0.4, 0.5) is 5.69 Å². The maximum Gasteiger partial charge on any atom is 0.312 e. The highest BCUT2D eigenvalue weighted by atomic mass is 16.7. The van der Waals surface area contributed by atoms with Crippen LogP contribution in [0.3, 0.4) is 0 Å². The Bertz CT molecular complexity index is 2750. The van der Waals surface area contributed by atoms with E-state index in [1.165, 1.54) is 34.1 Å². The van der Waals surface area contributed by atoms with Gasteiger partial charge in [0.15, 0.2) is 22.3 Å². The minimum Gasteiger partial charge on any atom is -0.505 e. The van der Waals surface area contributed by atoms with Gasteiger partial charge >= 0.3 is 11.8 Å². The number of nitrogens with one attached hydrogen (secondary N) is 1. The summed E-state index contributed by atoms with van der Waals surface area (Å²) in [6.45, 7) is 22.9. The number of allylic oxidation sites excluding steroid dienone is 2. The van der Waals surface area contributed by atoms with Crippen LogP contribution < -0.4 is 20.2 Å². The maximum atomic E-state index is 14.9. The molecule has 4 bridgehead atoms. The number of carbonyl (C=O) groups excluding carboxylic acids is 3. The van der Waals surface area contributed by atoms with Crippen LogP contribution >= 0.6 is 0 Å². The molecule has 4 aromatic rings. The molecule has 15 heteroatoms. The van der Waals surface area contributed by atoms with Gasteiger partial charge in [-0.25, -0.2) is 4.98 Å². The number of anilines is 1. The molecule has 2 aliphatic rings. The van der Waals surface area contributed by atoms with Crippen LogP contribution in [0, 0.1) is 36.5 Å². The fourth-order valence-electron chi connectivity index (χ4n) is 8.85.